The summed E-state index contributed by atoms with van der Waals surface area (Å²) in [6.45, 7) is 4.47. The summed E-state index contributed by atoms with van der Waals surface area (Å²) < 4.78 is 0. The van der Waals surface area contributed by atoms with Crippen molar-refractivity contribution in [2.45, 2.75) is 58.8 Å². The minimum Gasteiger partial charge on any atom is -0.0845 e. The highest BCUT2D eigenvalue weighted by molar-refractivity contribution is 5.10. The van der Waals surface area contributed by atoms with Gasteiger partial charge in [-0.15, -0.1) is 0 Å². The Hall–Kier alpha value is -0.780. The Morgan fingerprint density at radius 1 is 0.600 bits per heavy atom. The van der Waals surface area contributed by atoms with Crippen LogP contribution < -0.4 is 0 Å². The van der Waals surface area contributed by atoms with Crippen LogP contribution in [0.5, 0.6) is 0 Å². The molecule has 0 spiro atoms. The average Bonchev–Trinajstić information content (AvgIpc) is 2.26. The molecule has 0 aliphatic rings. The maximum atomic E-state index is 2.26. The lowest BCUT2D eigenvalue weighted by Crippen LogP contribution is -1.69. The molecule has 15 heavy (non-hydrogen) atoms. The Morgan fingerprint density at radius 3 is 1.67 bits per heavy atom. The van der Waals surface area contributed by atoms with E-state index < -0.39 is 0 Å². The highest BCUT2D eigenvalue weighted by atomic mass is 13.9. The van der Waals surface area contributed by atoms with Gasteiger partial charge in [0.1, 0.15) is 0 Å². The number of rotatable bonds is 9. The normalized spacial score (nSPS) is 12.4. The van der Waals surface area contributed by atoms with Gasteiger partial charge in [0.25, 0.3) is 0 Å². The number of hydrogen-bond donors (Lipinski definition) is 0. The van der Waals surface area contributed by atoms with Crippen LogP contribution >= 0.6 is 0 Å². The van der Waals surface area contributed by atoms with Crippen molar-refractivity contribution in [1.82, 2.24) is 0 Å². The van der Waals surface area contributed by atoms with Gasteiger partial charge in [0.15, 0.2) is 0 Å². The Labute approximate surface area is 95.8 Å². The molecule has 0 aliphatic carbocycles. The van der Waals surface area contributed by atoms with Crippen molar-refractivity contribution in [2.24, 2.45) is 0 Å². The molecule has 0 atom stereocenters. The first-order chi connectivity index (χ1) is 7.41. The molecule has 0 saturated heterocycles. The molecule has 0 fully saturated rings. The van der Waals surface area contributed by atoms with Gasteiger partial charge in [-0.2, -0.15) is 0 Å². The largest absolute Gasteiger partial charge is 0.0845 e. The molecule has 0 bridgehead atoms. The summed E-state index contributed by atoms with van der Waals surface area (Å²) in [6, 6.07) is 0. The smallest absolute Gasteiger partial charge is 0.0348 e. The van der Waals surface area contributed by atoms with E-state index in [4.69, 9.17) is 0 Å². The van der Waals surface area contributed by atoms with Crippen molar-refractivity contribution >= 4 is 0 Å². The summed E-state index contributed by atoms with van der Waals surface area (Å²) in [5.41, 5.74) is 0. The fraction of sp³-hybridized carbons (Fsp3) is 0.600. The summed E-state index contributed by atoms with van der Waals surface area (Å²) in [7, 11) is 0. The molecule has 0 amide bonds. The zero-order chi connectivity index (χ0) is 11.2. The highest BCUT2D eigenvalue weighted by Crippen LogP contribution is 1.99. The minimum absolute atomic E-state index is 1.21. The number of hydrogen-bond acceptors (Lipinski definition) is 0. The summed E-state index contributed by atoms with van der Waals surface area (Å²) in [5.74, 6) is 0. The zero-order valence-corrected chi connectivity index (χ0v) is 10.4. The molecular formula is C15H26. The summed E-state index contributed by atoms with van der Waals surface area (Å²) in [4.78, 5) is 0. The SMILES string of the molecule is CCCCC=CC=CC=CCCCCC. The fourth-order valence-corrected chi connectivity index (χ4v) is 1.31. The molecule has 0 aromatic carbocycles. The standard InChI is InChI=1S/C15H26/c1-3-5-7-9-11-13-15-14-12-10-8-6-4-2/h9,11-15H,3-8,10H2,1-2H3. The molecule has 0 unspecified atom stereocenters. The maximum Gasteiger partial charge on any atom is -0.0348 e. The quantitative estimate of drug-likeness (QED) is 0.349. The third kappa shape index (κ3) is 13.2. The summed E-state index contributed by atoms with van der Waals surface area (Å²) in [5, 5.41) is 0. The third-order valence-electron chi connectivity index (χ3n) is 2.30. The molecule has 0 radical (unpaired) electrons. The average molecular weight is 206 g/mol. The van der Waals surface area contributed by atoms with E-state index in [0.717, 1.165) is 0 Å². The van der Waals surface area contributed by atoms with Crippen LogP contribution in [0.3, 0.4) is 0 Å². The Kier molecular flexibility index (Phi) is 12.5. The molecule has 0 nitrogen and oxygen atoms in total. The van der Waals surface area contributed by atoms with Crippen molar-refractivity contribution in [3.05, 3.63) is 36.5 Å². The summed E-state index contributed by atoms with van der Waals surface area (Å²) >= 11 is 0. The molecule has 0 aromatic rings. The van der Waals surface area contributed by atoms with Gasteiger partial charge in [-0.25, -0.2) is 0 Å². The van der Waals surface area contributed by atoms with E-state index in [2.05, 4.69) is 50.3 Å². The van der Waals surface area contributed by atoms with Crippen molar-refractivity contribution in [2.75, 3.05) is 0 Å². The van der Waals surface area contributed by atoms with E-state index in [-0.39, 0.29) is 0 Å². The minimum atomic E-state index is 1.21. The van der Waals surface area contributed by atoms with E-state index in [1.807, 2.05) is 0 Å². The second-order valence-electron chi connectivity index (χ2n) is 3.88. The summed E-state index contributed by atoms with van der Waals surface area (Å²) in [6.07, 6.45) is 22.0. The van der Waals surface area contributed by atoms with E-state index in [9.17, 15) is 0 Å². The molecule has 0 heterocycles. The molecule has 0 aliphatic heterocycles. The van der Waals surface area contributed by atoms with Gasteiger partial charge >= 0.3 is 0 Å². The van der Waals surface area contributed by atoms with Gasteiger partial charge in [0.2, 0.25) is 0 Å². The second kappa shape index (κ2) is 13.2. The van der Waals surface area contributed by atoms with E-state index >= 15 is 0 Å². The van der Waals surface area contributed by atoms with Crippen LogP contribution in [0.4, 0.5) is 0 Å². The van der Waals surface area contributed by atoms with Crippen LogP contribution in [0.15, 0.2) is 36.5 Å². The molecule has 0 rings (SSSR count). The maximum absolute atomic E-state index is 2.26. The monoisotopic (exact) mass is 206 g/mol. The van der Waals surface area contributed by atoms with E-state index in [1.165, 1.54) is 44.9 Å². The van der Waals surface area contributed by atoms with Crippen molar-refractivity contribution < 1.29 is 0 Å². The number of allylic oxidation sites excluding steroid dienone is 6. The Bertz CT molecular complexity index is 184. The van der Waals surface area contributed by atoms with Gasteiger partial charge < -0.3 is 0 Å². The van der Waals surface area contributed by atoms with Crippen LogP contribution in [0.2, 0.25) is 0 Å². The van der Waals surface area contributed by atoms with Crippen LogP contribution in [-0.4, -0.2) is 0 Å². The predicted molar refractivity (Wildman–Crippen MR) is 71.1 cm³/mol. The Balaban J connectivity index is 3.32. The van der Waals surface area contributed by atoms with Crippen LogP contribution in [0.25, 0.3) is 0 Å². The third-order valence-corrected chi connectivity index (χ3v) is 2.30. The lowest BCUT2D eigenvalue weighted by Gasteiger charge is -1.89. The molecule has 86 valence electrons. The van der Waals surface area contributed by atoms with E-state index in [1.54, 1.807) is 0 Å². The van der Waals surface area contributed by atoms with Gasteiger partial charge in [0, 0.05) is 0 Å². The lowest BCUT2D eigenvalue weighted by molar-refractivity contribution is 0.729. The van der Waals surface area contributed by atoms with Crippen LogP contribution in [0.1, 0.15) is 58.8 Å². The Morgan fingerprint density at radius 2 is 1.13 bits per heavy atom. The number of unbranched alkanes of at least 4 members (excludes halogenated alkanes) is 5. The lowest BCUT2D eigenvalue weighted by atomic mass is 10.2. The molecule has 0 N–H and O–H groups in total. The molecule has 0 aromatic heterocycles. The van der Waals surface area contributed by atoms with Gasteiger partial charge in [-0.3, -0.25) is 0 Å². The van der Waals surface area contributed by atoms with Crippen LogP contribution in [-0.2, 0) is 0 Å². The predicted octanol–water partition coefficient (Wildman–Crippen LogP) is 5.43. The van der Waals surface area contributed by atoms with Crippen molar-refractivity contribution in [1.29, 1.82) is 0 Å². The first-order valence-electron chi connectivity index (χ1n) is 6.40. The molecule has 0 heteroatoms. The van der Waals surface area contributed by atoms with E-state index in [0.29, 0.717) is 0 Å². The highest BCUT2D eigenvalue weighted by Gasteiger charge is 1.79. The van der Waals surface area contributed by atoms with Crippen molar-refractivity contribution in [3.63, 3.8) is 0 Å². The molecular weight excluding hydrogens is 180 g/mol. The van der Waals surface area contributed by atoms with Gasteiger partial charge in [-0.05, 0) is 19.3 Å². The van der Waals surface area contributed by atoms with Crippen LogP contribution in [0, 0.1) is 0 Å². The first kappa shape index (κ1) is 14.2. The van der Waals surface area contributed by atoms with Crippen molar-refractivity contribution in [3.8, 4) is 0 Å². The molecule has 0 saturated carbocycles. The van der Waals surface area contributed by atoms with Gasteiger partial charge in [0.05, 0.1) is 0 Å². The van der Waals surface area contributed by atoms with Gasteiger partial charge in [-0.1, -0.05) is 76.0 Å². The second-order valence-corrected chi connectivity index (χ2v) is 3.88. The first-order valence-corrected chi connectivity index (χ1v) is 6.40. The fourth-order valence-electron chi connectivity index (χ4n) is 1.31. The topological polar surface area (TPSA) is 0 Å². The zero-order valence-electron chi connectivity index (χ0n) is 10.4.